The Morgan fingerprint density at radius 2 is 1.94 bits per heavy atom. The van der Waals surface area contributed by atoms with E-state index in [0.29, 0.717) is 23.6 Å². The number of nitriles is 1. The zero-order valence-electron chi connectivity index (χ0n) is 18.5. The highest BCUT2D eigenvalue weighted by molar-refractivity contribution is 5.97. The maximum Gasteiger partial charge on any atom is 0.420 e. The summed E-state index contributed by atoms with van der Waals surface area (Å²) in [4.78, 5) is 27.8. The van der Waals surface area contributed by atoms with Crippen LogP contribution in [0.5, 0.6) is 5.75 Å². The van der Waals surface area contributed by atoms with Gasteiger partial charge in [0.25, 0.3) is 0 Å². The minimum atomic E-state index is -0.801. The topological polar surface area (TPSA) is 120 Å². The molecule has 2 N–H and O–H groups in total. The Kier molecular flexibility index (Phi) is 6.55. The Morgan fingerprint density at radius 1 is 1.25 bits per heavy atom. The number of amides is 1. The first-order valence-electron chi connectivity index (χ1n) is 10.2. The molecule has 9 nitrogen and oxygen atoms in total. The van der Waals surface area contributed by atoms with E-state index in [-0.39, 0.29) is 30.0 Å². The van der Waals surface area contributed by atoms with E-state index in [1.54, 1.807) is 57.3 Å². The van der Waals surface area contributed by atoms with Crippen molar-refractivity contribution in [3.05, 3.63) is 57.9 Å². The predicted octanol–water partition coefficient (Wildman–Crippen LogP) is 3.51. The molecule has 0 radical (unpaired) electrons. The fraction of sp³-hybridized carbons (Fsp3) is 0.348. The first-order valence-corrected chi connectivity index (χ1v) is 10.2. The fourth-order valence-electron chi connectivity index (χ4n) is 3.37. The van der Waals surface area contributed by atoms with Crippen LogP contribution < -0.4 is 15.1 Å². The molecule has 32 heavy (non-hydrogen) atoms. The minimum absolute atomic E-state index is 0.0544. The van der Waals surface area contributed by atoms with Gasteiger partial charge in [-0.25, -0.2) is 14.2 Å². The van der Waals surface area contributed by atoms with E-state index < -0.39 is 17.1 Å². The van der Waals surface area contributed by atoms with Gasteiger partial charge < -0.3 is 14.6 Å². The standard InChI is InChI=1S/C23H26N4O5/c1-5-31-16-8-6-15(7-9-16)26(22(30)32-23(2,3)4)21-17(11-13-28)20(29)18(14-24)19-10-12-25-27(19)21/h6-10,12,25,28H,5,11,13H2,1-4H3. The first kappa shape index (κ1) is 22.9. The molecule has 1 aromatic carbocycles. The lowest BCUT2D eigenvalue weighted by atomic mass is 10.1. The molecule has 1 amide bonds. The minimum Gasteiger partial charge on any atom is -0.494 e. The number of aliphatic hydroxyl groups excluding tert-OH is 1. The van der Waals surface area contributed by atoms with Crippen molar-refractivity contribution >= 4 is 23.1 Å². The van der Waals surface area contributed by atoms with Gasteiger partial charge >= 0.3 is 6.09 Å². The number of nitrogens with one attached hydrogen (secondary N) is 1. The van der Waals surface area contributed by atoms with Crippen LogP contribution in [0, 0.1) is 11.3 Å². The molecule has 168 valence electrons. The van der Waals surface area contributed by atoms with Crippen LogP contribution in [-0.4, -0.2) is 39.6 Å². The van der Waals surface area contributed by atoms with Crippen LogP contribution in [0.15, 0.2) is 41.3 Å². The molecular formula is C23H26N4O5. The first-order chi connectivity index (χ1) is 15.2. The van der Waals surface area contributed by atoms with Crippen molar-refractivity contribution in [2.45, 2.75) is 39.7 Å². The number of hydrogen-bond acceptors (Lipinski definition) is 6. The number of pyridine rings is 1. The SMILES string of the molecule is CCOc1ccc(N(C(=O)OC(C)(C)C)c2c(CCO)c(=O)c(C#N)c3cc[nH]n23)cc1. The van der Waals surface area contributed by atoms with Gasteiger partial charge in [0.2, 0.25) is 5.43 Å². The summed E-state index contributed by atoms with van der Waals surface area (Å²) in [5.41, 5.74) is -0.568. The van der Waals surface area contributed by atoms with Crippen molar-refractivity contribution in [1.82, 2.24) is 9.61 Å². The van der Waals surface area contributed by atoms with Gasteiger partial charge in [-0.1, -0.05) is 0 Å². The van der Waals surface area contributed by atoms with E-state index in [4.69, 9.17) is 9.47 Å². The van der Waals surface area contributed by atoms with Crippen LogP contribution in [0.4, 0.5) is 16.3 Å². The van der Waals surface area contributed by atoms with Gasteiger partial charge in [0, 0.05) is 24.8 Å². The lowest BCUT2D eigenvalue weighted by Gasteiger charge is -2.29. The number of nitrogens with zero attached hydrogens (tertiary/aromatic N) is 3. The van der Waals surface area contributed by atoms with Crippen molar-refractivity contribution in [2.75, 3.05) is 18.1 Å². The molecular weight excluding hydrogens is 412 g/mol. The molecule has 0 bridgehead atoms. The van der Waals surface area contributed by atoms with E-state index in [2.05, 4.69) is 5.10 Å². The van der Waals surface area contributed by atoms with E-state index in [1.807, 2.05) is 13.0 Å². The average Bonchev–Trinajstić information content (AvgIpc) is 3.20. The summed E-state index contributed by atoms with van der Waals surface area (Å²) >= 11 is 0. The smallest absolute Gasteiger partial charge is 0.420 e. The second-order valence-electron chi connectivity index (χ2n) is 8.02. The Hall–Kier alpha value is -3.77. The second kappa shape index (κ2) is 9.16. The molecule has 0 aliphatic rings. The fourth-order valence-corrected chi connectivity index (χ4v) is 3.37. The molecule has 0 saturated heterocycles. The van der Waals surface area contributed by atoms with Crippen LogP contribution in [-0.2, 0) is 11.2 Å². The number of benzene rings is 1. The lowest BCUT2D eigenvalue weighted by molar-refractivity contribution is 0.0597. The van der Waals surface area contributed by atoms with Crippen molar-refractivity contribution in [3.8, 4) is 11.8 Å². The number of H-pyrrole nitrogens is 1. The van der Waals surface area contributed by atoms with E-state index in [0.717, 1.165) is 0 Å². The summed E-state index contributed by atoms with van der Waals surface area (Å²) in [6, 6.07) is 10.3. The zero-order valence-corrected chi connectivity index (χ0v) is 18.5. The summed E-state index contributed by atoms with van der Waals surface area (Å²) in [6.45, 7) is 7.24. The van der Waals surface area contributed by atoms with Gasteiger partial charge in [-0.2, -0.15) is 5.26 Å². The summed E-state index contributed by atoms with van der Waals surface area (Å²) in [5.74, 6) is 0.791. The Bertz CT molecular complexity index is 1210. The van der Waals surface area contributed by atoms with Gasteiger partial charge in [-0.3, -0.25) is 9.89 Å². The highest BCUT2D eigenvalue weighted by Crippen LogP contribution is 2.32. The lowest BCUT2D eigenvalue weighted by Crippen LogP contribution is -2.37. The molecule has 0 unspecified atom stereocenters. The number of aromatic nitrogens is 2. The molecule has 0 spiro atoms. The number of rotatable bonds is 6. The van der Waals surface area contributed by atoms with Crippen LogP contribution in [0.1, 0.15) is 38.8 Å². The largest absolute Gasteiger partial charge is 0.494 e. The molecule has 2 heterocycles. The predicted molar refractivity (Wildman–Crippen MR) is 120 cm³/mol. The monoisotopic (exact) mass is 438 g/mol. The third-order valence-electron chi connectivity index (χ3n) is 4.59. The Morgan fingerprint density at radius 3 is 2.50 bits per heavy atom. The summed E-state index contributed by atoms with van der Waals surface area (Å²) in [5, 5.41) is 22.2. The molecule has 0 atom stereocenters. The maximum atomic E-state index is 13.4. The summed E-state index contributed by atoms with van der Waals surface area (Å²) in [6.07, 6.45) is 0.794. The molecule has 9 heteroatoms. The average molecular weight is 438 g/mol. The van der Waals surface area contributed by atoms with Crippen LogP contribution in [0.2, 0.25) is 0 Å². The molecule has 3 rings (SSSR count). The highest BCUT2D eigenvalue weighted by Gasteiger charge is 2.31. The van der Waals surface area contributed by atoms with Gasteiger partial charge in [0.05, 0.1) is 17.8 Å². The molecule has 0 aliphatic heterocycles. The number of carbonyl (C=O) groups is 1. The number of hydrogen-bond donors (Lipinski definition) is 2. The van der Waals surface area contributed by atoms with E-state index in [1.165, 1.54) is 9.42 Å². The number of aromatic amines is 1. The Balaban J connectivity index is 2.33. The number of fused-ring (bicyclic) bond motifs is 1. The maximum absolute atomic E-state index is 13.4. The summed E-state index contributed by atoms with van der Waals surface area (Å²) in [7, 11) is 0. The number of ether oxygens (including phenoxy) is 2. The van der Waals surface area contributed by atoms with Gasteiger partial charge in [0.1, 0.15) is 28.8 Å². The van der Waals surface area contributed by atoms with Gasteiger partial charge in [-0.15, -0.1) is 0 Å². The van der Waals surface area contributed by atoms with Crippen molar-refractivity contribution in [3.63, 3.8) is 0 Å². The van der Waals surface area contributed by atoms with Crippen molar-refractivity contribution < 1.29 is 19.4 Å². The van der Waals surface area contributed by atoms with Crippen molar-refractivity contribution in [2.24, 2.45) is 0 Å². The Labute approximate surface area is 185 Å². The normalized spacial score (nSPS) is 11.2. The molecule has 0 aliphatic carbocycles. The number of anilines is 2. The molecule has 3 aromatic rings. The second-order valence-corrected chi connectivity index (χ2v) is 8.02. The number of aliphatic hydroxyl groups is 1. The third-order valence-corrected chi connectivity index (χ3v) is 4.59. The highest BCUT2D eigenvalue weighted by atomic mass is 16.6. The van der Waals surface area contributed by atoms with Crippen LogP contribution in [0.25, 0.3) is 5.52 Å². The third kappa shape index (κ3) is 4.45. The van der Waals surface area contributed by atoms with Gasteiger partial charge in [-0.05, 0) is 58.0 Å². The zero-order chi connectivity index (χ0) is 23.5. The van der Waals surface area contributed by atoms with Crippen LogP contribution >= 0.6 is 0 Å². The van der Waals surface area contributed by atoms with Gasteiger partial charge in [0.15, 0.2) is 0 Å². The van der Waals surface area contributed by atoms with E-state index in [9.17, 15) is 20.0 Å². The van der Waals surface area contributed by atoms with Crippen LogP contribution in [0.3, 0.4) is 0 Å². The summed E-state index contributed by atoms with van der Waals surface area (Å²) < 4.78 is 12.6. The van der Waals surface area contributed by atoms with E-state index >= 15 is 0 Å². The molecule has 2 aromatic heterocycles. The molecule has 0 fully saturated rings. The molecule has 0 saturated carbocycles. The van der Waals surface area contributed by atoms with Crippen molar-refractivity contribution in [1.29, 1.82) is 5.26 Å². The quantitative estimate of drug-likeness (QED) is 0.608. The number of carbonyl (C=O) groups excluding carboxylic acids is 1.